The first kappa shape index (κ1) is 15.7. The molecular weight excluding hydrogens is 352 g/mol. The van der Waals surface area contributed by atoms with Crippen LogP contribution in [0.25, 0.3) is 0 Å². The van der Waals surface area contributed by atoms with Gasteiger partial charge in [-0.3, -0.25) is 9.59 Å². The molecule has 4 nitrogen and oxygen atoms in total. The third-order valence-electron chi connectivity index (χ3n) is 2.84. The molecule has 0 saturated carbocycles. The molecule has 1 atom stereocenters. The predicted octanol–water partition coefficient (Wildman–Crippen LogP) is 3.12. The lowest BCUT2D eigenvalue weighted by Crippen LogP contribution is -2.37. The molecule has 110 valence electrons. The average Bonchev–Trinajstić information content (AvgIpc) is 2.99. The maximum absolute atomic E-state index is 11.9. The molecule has 1 heterocycles. The first-order chi connectivity index (χ1) is 10.1. The first-order valence-electron chi connectivity index (χ1n) is 6.43. The second-order valence-corrected chi connectivity index (χ2v) is 6.39. The zero-order chi connectivity index (χ0) is 15.2. The number of carbonyl (C=O) groups is 2. The van der Waals surface area contributed by atoms with Crippen molar-refractivity contribution < 1.29 is 9.59 Å². The summed E-state index contributed by atoms with van der Waals surface area (Å²) in [6, 6.07) is 10.9. The van der Waals surface area contributed by atoms with Crippen LogP contribution >= 0.6 is 27.3 Å². The number of nitrogens with one attached hydrogen (secondary N) is 2. The Morgan fingerprint density at radius 3 is 2.76 bits per heavy atom. The standard InChI is InChI=1S/C15H15BrN2O2S/c1-10(13-6-3-7-21-13)18-14(19)9-17-15(20)11-4-2-5-12(16)8-11/h2-8,10H,9H2,1H3,(H,17,20)(H,18,19). The number of halogens is 1. The molecule has 2 N–H and O–H groups in total. The number of amides is 2. The zero-order valence-corrected chi connectivity index (χ0v) is 13.8. The molecular formula is C15H15BrN2O2S. The summed E-state index contributed by atoms with van der Waals surface area (Å²) in [5.74, 6) is -0.477. The van der Waals surface area contributed by atoms with Crippen molar-refractivity contribution in [3.63, 3.8) is 0 Å². The summed E-state index contributed by atoms with van der Waals surface area (Å²) in [5, 5.41) is 7.42. The van der Waals surface area contributed by atoms with Gasteiger partial charge in [-0.25, -0.2) is 0 Å². The minimum absolute atomic E-state index is 0.0406. The summed E-state index contributed by atoms with van der Waals surface area (Å²) in [4.78, 5) is 24.8. The van der Waals surface area contributed by atoms with E-state index in [0.29, 0.717) is 5.56 Å². The molecule has 2 amide bonds. The quantitative estimate of drug-likeness (QED) is 0.853. The fourth-order valence-electron chi connectivity index (χ4n) is 1.79. The lowest BCUT2D eigenvalue weighted by atomic mass is 10.2. The van der Waals surface area contributed by atoms with Crippen LogP contribution in [0.4, 0.5) is 0 Å². The van der Waals surface area contributed by atoms with Crippen molar-refractivity contribution in [2.45, 2.75) is 13.0 Å². The van der Waals surface area contributed by atoms with Crippen molar-refractivity contribution in [3.8, 4) is 0 Å². The van der Waals surface area contributed by atoms with E-state index in [1.54, 1.807) is 29.5 Å². The molecule has 1 aromatic carbocycles. The molecule has 0 spiro atoms. The molecule has 0 saturated heterocycles. The van der Waals surface area contributed by atoms with Gasteiger partial charge in [-0.05, 0) is 36.6 Å². The van der Waals surface area contributed by atoms with Gasteiger partial charge >= 0.3 is 0 Å². The van der Waals surface area contributed by atoms with Crippen molar-refractivity contribution in [2.24, 2.45) is 0 Å². The van der Waals surface area contributed by atoms with E-state index < -0.39 is 0 Å². The van der Waals surface area contributed by atoms with Gasteiger partial charge in [-0.15, -0.1) is 11.3 Å². The van der Waals surface area contributed by atoms with Crippen LogP contribution in [0.2, 0.25) is 0 Å². The van der Waals surface area contributed by atoms with Crippen LogP contribution in [0.5, 0.6) is 0 Å². The number of hydrogen-bond acceptors (Lipinski definition) is 3. The highest BCUT2D eigenvalue weighted by Gasteiger charge is 2.12. The minimum atomic E-state index is -0.268. The normalized spacial score (nSPS) is 11.7. The van der Waals surface area contributed by atoms with Crippen molar-refractivity contribution in [2.75, 3.05) is 6.54 Å². The molecule has 2 rings (SSSR count). The molecule has 2 aromatic rings. The monoisotopic (exact) mass is 366 g/mol. The summed E-state index contributed by atoms with van der Waals surface area (Å²) in [5.41, 5.74) is 0.517. The van der Waals surface area contributed by atoms with Crippen LogP contribution in [0.1, 0.15) is 28.2 Å². The zero-order valence-electron chi connectivity index (χ0n) is 11.4. The smallest absolute Gasteiger partial charge is 0.251 e. The molecule has 0 bridgehead atoms. The Balaban J connectivity index is 1.82. The van der Waals surface area contributed by atoms with Crippen LogP contribution in [-0.4, -0.2) is 18.4 Å². The maximum atomic E-state index is 11.9. The van der Waals surface area contributed by atoms with Crippen molar-refractivity contribution in [3.05, 3.63) is 56.7 Å². The maximum Gasteiger partial charge on any atom is 0.251 e. The molecule has 0 aliphatic heterocycles. The van der Waals surface area contributed by atoms with E-state index in [4.69, 9.17) is 0 Å². The molecule has 1 aromatic heterocycles. The third kappa shape index (κ3) is 4.68. The molecule has 21 heavy (non-hydrogen) atoms. The van der Waals surface area contributed by atoms with E-state index in [9.17, 15) is 9.59 Å². The van der Waals surface area contributed by atoms with E-state index in [1.807, 2.05) is 30.5 Å². The van der Waals surface area contributed by atoms with Crippen LogP contribution in [-0.2, 0) is 4.79 Å². The van der Waals surface area contributed by atoms with Crippen molar-refractivity contribution in [1.29, 1.82) is 0 Å². The molecule has 0 aliphatic rings. The van der Waals surface area contributed by atoms with E-state index in [-0.39, 0.29) is 24.4 Å². The largest absolute Gasteiger partial charge is 0.347 e. The first-order valence-corrected chi connectivity index (χ1v) is 8.10. The lowest BCUT2D eigenvalue weighted by molar-refractivity contribution is -0.120. The highest BCUT2D eigenvalue weighted by Crippen LogP contribution is 2.17. The van der Waals surface area contributed by atoms with Gasteiger partial charge in [-0.1, -0.05) is 28.1 Å². The predicted molar refractivity (Wildman–Crippen MR) is 87.4 cm³/mol. The second-order valence-electron chi connectivity index (χ2n) is 4.50. The average molecular weight is 367 g/mol. The Hall–Kier alpha value is -1.66. The van der Waals surface area contributed by atoms with Gasteiger partial charge < -0.3 is 10.6 Å². The lowest BCUT2D eigenvalue weighted by Gasteiger charge is -2.12. The van der Waals surface area contributed by atoms with Gasteiger partial charge in [0.2, 0.25) is 5.91 Å². The fourth-order valence-corrected chi connectivity index (χ4v) is 2.93. The van der Waals surface area contributed by atoms with Crippen LogP contribution < -0.4 is 10.6 Å². The van der Waals surface area contributed by atoms with Gasteiger partial charge in [-0.2, -0.15) is 0 Å². The Labute approximate surface area is 135 Å². The van der Waals surface area contributed by atoms with Crippen LogP contribution in [0, 0.1) is 0 Å². The van der Waals surface area contributed by atoms with Crippen LogP contribution in [0.15, 0.2) is 46.3 Å². The molecule has 1 unspecified atom stereocenters. The number of benzene rings is 1. The van der Waals surface area contributed by atoms with Crippen LogP contribution in [0.3, 0.4) is 0 Å². The summed E-state index contributed by atoms with van der Waals surface area (Å²) < 4.78 is 0.825. The number of carbonyl (C=O) groups excluding carboxylic acids is 2. The van der Waals surface area contributed by atoms with Gasteiger partial charge in [0.05, 0.1) is 12.6 Å². The second kappa shape index (κ2) is 7.38. The van der Waals surface area contributed by atoms with E-state index in [1.165, 1.54) is 0 Å². The summed E-state index contributed by atoms with van der Waals surface area (Å²) in [6.45, 7) is 1.88. The molecule has 0 fully saturated rings. The van der Waals surface area contributed by atoms with E-state index in [2.05, 4.69) is 26.6 Å². The highest BCUT2D eigenvalue weighted by molar-refractivity contribution is 9.10. The number of hydrogen-bond donors (Lipinski definition) is 2. The Kier molecular flexibility index (Phi) is 5.52. The van der Waals surface area contributed by atoms with E-state index >= 15 is 0 Å². The summed E-state index contributed by atoms with van der Waals surface area (Å²) in [6.07, 6.45) is 0. The van der Waals surface area contributed by atoms with Gasteiger partial charge in [0.1, 0.15) is 0 Å². The van der Waals surface area contributed by atoms with Crippen molar-refractivity contribution in [1.82, 2.24) is 10.6 Å². The highest BCUT2D eigenvalue weighted by atomic mass is 79.9. The third-order valence-corrected chi connectivity index (χ3v) is 4.39. The molecule has 6 heteroatoms. The SMILES string of the molecule is CC(NC(=O)CNC(=O)c1cccc(Br)c1)c1cccs1. The van der Waals surface area contributed by atoms with Gasteiger partial charge in [0.15, 0.2) is 0 Å². The van der Waals surface area contributed by atoms with Gasteiger partial charge in [0.25, 0.3) is 5.91 Å². The number of rotatable bonds is 5. The molecule has 0 radical (unpaired) electrons. The Morgan fingerprint density at radius 1 is 1.29 bits per heavy atom. The summed E-state index contributed by atoms with van der Waals surface area (Å²) >= 11 is 4.90. The topological polar surface area (TPSA) is 58.2 Å². The molecule has 0 aliphatic carbocycles. The van der Waals surface area contributed by atoms with Crippen molar-refractivity contribution >= 4 is 39.1 Å². The van der Waals surface area contributed by atoms with Gasteiger partial charge in [0, 0.05) is 14.9 Å². The Bertz CT molecular complexity index is 628. The van der Waals surface area contributed by atoms with E-state index in [0.717, 1.165) is 9.35 Å². The number of thiophene rings is 1. The Morgan fingerprint density at radius 2 is 2.10 bits per heavy atom. The summed E-state index contributed by atoms with van der Waals surface area (Å²) in [7, 11) is 0. The fraction of sp³-hybridized carbons (Fsp3) is 0.200. The minimum Gasteiger partial charge on any atom is -0.347 e.